The molecular weight excluding hydrogens is 410 g/mol. The van der Waals surface area contributed by atoms with E-state index in [1.165, 1.54) is 21.0 Å². The summed E-state index contributed by atoms with van der Waals surface area (Å²) in [5.41, 5.74) is -0.325. The van der Waals surface area contributed by atoms with E-state index in [9.17, 15) is 23.3 Å². The molecule has 3 heterocycles. The van der Waals surface area contributed by atoms with Gasteiger partial charge in [0, 0.05) is 26.2 Å². The molecule has 0 radical (unpaired) electrons. The minimum atomic E-state index is -3.55. The van der Waals surface area contributed by atoms with Gasteiger partial charge in [0.05, 0.1) is 12.0 Å². The summed E-state index contributed by atoms with van der Waals surface area (Å²) < 4.78 is 32.8. The maximum atomic E-state index is 12.8. The van der Waals surface area contributed by atoms with Crippen LogP contribution in [0.3, 0.4) is 0 Å². The number of amides is 1. The number of piperazine rings is 1. The lowest BCUT2D eigenvalue weighted by molar-refractivity contribution is -0.385. The molecule has 3 rings (SSSR count). The fraction of sp³-hybridized carbons (Fsp3) is 0.467. The second kappa shape index (κ2) is 7.85. The summed E-state index contributed by atoms with van der Waals surface area (Å²) in [5.74, 6) is -0.468. The van der Waals surface area contributed by atoms with Gasteiger partial charge in [-0.05, 0) is 18.4 Å². The number of carbonyl (C=O) groups excluding carboxylic acids is 1. The van der Waals surface area contributed by atoms with Crippen molar-refractivity contribution < 1.29 is 22.9 Å². The van der Waals surface area contributed by atoms with Gasteiger partial charge in [-0.1, -0.05) is 6.07 Å². The summed E-state index contributed by atoms with van der Waals surface area (Å²) in [6, 6.07) is 2.44. The number of rotatable bonds is 6. The standard InChI is InChI=1S/C15H19N5O6S2/c1-11(19-10-12(20(22)23)14(16-19)26-2)15(21)17-5-7-18(8-6-17)28(24,25)13-4-3-9-27-13/h3-4,9-11H,5-8H2,1-2H3. The highest BCUT2D eigenvalue weighted by atomic mass is 32.2. The first-order chi connectivity index (χ1) is 13.3. The van der Waals surface area contributed by atoms with E-state index in [4.69, 9.17) is 4.74 Å². The minimum absolute atomic E-state index is 0.170. The molecule has 13 heteroatoms. The van der Waals surface area contributed by atoms with Crippen molar-refractivity contribution in [2.75, 3.05) is 33.3 Å². The van der Waals surface area contributed by atoms with Crippen LogP contribution in [0.2, 0.25) is 0 Å². The van der Waals surface area contributed by atoms with Crippen molar-refractivity contribution in [3.8, 4) is 5.88 Å². The molecule has 0 bridgehead atoms. The van der Waals surface area contributed by atoms with Gasteiger partial charge in [-0.15, -0.1) is 16.4 Å². The molecule has 152 valence electrons. The van der Waals surface area contributed by atoms with E-state index in [1.807, 2.05) is 0 Å². The van der Waals surface area contributed by atoms with E-state index in [2.05, 4.69) is 5.10 Å². The van der Waals surface area contributed by atoms with Crippen LogP contribution in [-0.2, 0) is 14.8 Å². The van der Waals surface area contributed by atoms with Crippen LogP contribution in [0.1, 0.15) is 13.0 Å². The first kappa shape index (κ1) is 20.2. The Morgan fingerprint density at radius 1 is 1.36 bits per heavy atom. The van der Waals surface area contributed by atoms with Gasteiger partial charge in [0.1, 0.15) is 16.4 Å². The lowest BCUT2D eigenvalue weighted by Crippen LogP contribution is -2.51. The van der Waals surface area contributed by atoms with E-state index in [0.717, 1.165) is 17.5 Å². The topological polar surface area (TPSA) is 128 Å². The summed E-state index contributed by atoms with van der Waals surface area (Å²) in [6.45, 7) is 2.40. The summed E-state index contributed by atoms with van der Waals surface area (Å²) in [6.07, 6.45) is 1.15. The van der Waals surface area contributed by atoms with Crippen LogP contribution < -0.4 is 4.74 Å². The van der Waals surface area contributed by atoms with E-state index in [-0.39, 0.29) is 47.9 Å². The molecule has 1 amide bonds. The quantitative estimate of drug-likeness (QED) is 0.494. The normalized spacial score (nSPS) is 16.7. The van der Waals surface area contributed by atoms with E-state index < -0.39 is 21.0 Å². The molecule has 1 unspecified atom stereocenters. The first-order valence-electron chi connectivity index (χ1n) is 8.35. The number of aromatic nitrogens is 2. The van der Waals surface area contributed by atoms with Gasteiger partial charge in [0.15, 0.2) is 0 Å². The van der Waals surface area contributed by atoms with Crippen LogP contribution in [0.25, 0.3) is 0 Å². The highest BCUT2D eigenvalue weighted by Gasteiger charge is 2.33. The minimum Gasteiger partial charge on any atom is -0.475 e. The van der Waals surface area contributed by atoms with Gasteiger partial charge >= 0.3 is 11.6 Å². The van der Waals surface area contributed by atoms with Gasteiger partial charge in [-0.3, -0.25) is 14.9 Å². The van der Waals surface area contributed by atoms with Gasteiger partial charge in [-0.2, -0.15) is 4.31 Å². The van der Waals surface area contributed by atoms with Crippen LogP contribution in [0.4, 0.5) is 5.69 Å². The Hall–Kier alpha value is -2.51. The molecule has 1 atom stereocenters. The molecule has 1 aliphatic rings. The predicted molar refractivity (Wildman–Crippen MR) is 99.8 cm³/mol. The third-order valence-corrected chi connectivity index (χ3v) is 7.74. The molecule has 0 aromatic carbocycles. The molecule has 2 aromatic rings. The lowest BCUT2D eigenvalue weighted by atomic mass is 10.2. The molecule has 0 aliphatic carbocycles. The molecular formula is C15H19N5O6S2. The number of methoxy groups -OCH3 is 1. The van der Waals surface area contributed by atoms with Gasteiger partial charge in [0.25, 0.3) is 10.0 Å². The van der Waals surface area contributed by atoms with Gasteiger partial charge < -0.3 is 9.64 Å². The number of hydrogen-bond donors (Lipinski definition) is 0. The highest BCUT2D eigenvalue weighted by molar-refractivity contribution is 7.91. The Labute approximate surface area is 165 Å². The SMILES string of the molecule is COc1nn(C(C)C(=O)N2CCN(S(=O)(=O)c3cccs3)CC2)cc1[N+](=O)[O-]. The third-order valence-electron chi connectivity index (χ3n) is 4.46. The van der Waals surface area contributed by atoms with E-state index in [0.29, 0.717) is 0 Å². The largest absolute Gasteiger partial charge is 0.475 e. The van der Waals surface area contributed by atoms with E-state index >= 15 is 0 Å². The molecule has 1 aliphatic heterocycles. The zero-order chi connectivity index (χ0) is 20.5. The average molecular weight is 429 g/mol. The fourth-order valence-corrected chi connectivity index (χ4v) is 5.46. The van der Waals surface area contributed by atoms with Gasteiger partial charge in [0.2, 0.25) is 5.91 Å². The third kappa shape index (κ3) is 3.72. The maximum absolute atomic E-state index is 12.8. The van der Waals surface area contributed by atoms with Crippen molar-refractivity contribution in [2.45, 2.75) is 17.2 Å². The van der Waals surface area contributed by atoms with Crippen LogP contribution in [-0.4, -0.2) is 71.5 Å². The number of sulfonamides is 1. The van der Waals surface area contributed by atoms with Crippen molar-refractivity contribution in [3.63, 3.8) is 0 Å². The van der Waals surface area contributed by atoms with Crippen molar-refractivity contribution in [1.82, 2.24) is 19.0 Å². The Balaban J connectivity index is 1.67. The summed E-state index contributed by atoms with van der Waals surface area (Å²) in [4.78, 5) is 24.7. The average Bonchev–Trinajstić information content (AvgIpc) is 3.37. The first-order valence-corrected chi connectivity index (χ1v) is 10.7. The number of ether oxygens (including phenoxy) is 1. The molecule has 0 N–H and O–H groups in total. The lowest BCUT2D eigenvalue weighted by Gasteiger charge is -2.34. The van der Waals surface area contributed by atoms with Crippen molar-refractivity contribution >= 4 is 33.0 Å². The van der Waals surface area contributed by atoms with Crippen molar-refractivity contribution in [2.24, 2.45) is 0 Å². The van der Waals surface area contributed by atoms with Crippen LogP contribution in [0.15, 0.2) is 27.9 Å². The van der Waals surface area contributed by atoms with Crippen molar-refractivity contribution in [3.05, 3.63) is 33.8 Å². The molecule has 0 saturated carbocycles. The van der Waals surface area contributed by atoms with E-state index in [1.54, 1.807) is 24.4 Å². The second-order valence-corrected chi connectivity index (χ2v) is 9.21. The number of thiophene rings is 1. The highest BCUT2D eigenvalue weighted by Crippen LogP contribution is 2.27. The number of nitro groups is 1. The molecule has 1 saturated heterocycles. The molecule has 2 aromatic heterocycles. The molecule has 1 fully saturated rings. The van der Waals surface area contributed by atoms with Crippen molar-refractivity contribution in [1.29, 1.82) is 0 Å². The Morgan fingerprint density at radius 3 is 2.54 bits per heavy atom. The number of nitrogens with zero attached hydrogens (tertiary/aromatic N) is 5. The smallest absolute Gasteiger partial charge is 0.350 e. The van der Waals surface area contributed by atoms with Crippen LogP contribution in [0, 0.1) is 10.1 Å². The Kier molecular flexibility index (Phi) is 5.67. The summed E-state index contributed by atoms with van der Waals surface area (Å²) >= 11 is 1.15. The monoisotopic (exact) mass is 429 g/mol. The zero-order valence-corrected chi connectivity index (χ0v) is 16.9. The Bertz CT molecular complexity index is 963. The summed E-state index contributed by atoms with van der Waals surface area (Å²) in [7, 11) is -2.29. The maximum Gasteiger partial charge on any atom is 0.350 e. The molecule has 11 nitrogen and oxygen atoms in total. The number of hydrogen-bond acceptors (Lipinski definition) is 8. The molecule has 0 spiro atoms. The van der Waals surface area contributed by atoms with Crippen LogP contribution in [0.5, 0.6) is 5.88 Å². The predicted octanol–water partition coefficient (Wildman–Crippen LogP) is 0.956. The second-order valence-electron chi connectivity index (χ2n) is 6.10. The summed E-state index contributed by atoms with van der Waals surface area (Å²) in [5, 5.41) is 16.7. The van der Waals surface area contributed by atoms with Gasteiger partial charge in [-0.25, -0.2) is 13.1 Å². The zero-order valence-electron chi connectivity index (χ0n) is 15.2. The Morgan fingerprint density at radius 2 is 2.04 bits per heavy atom. The van der Waals surface area contributed by atoms with Crippen LogP contribution >= 0.6 is 11.3 Å². The fourth-order valence-electron chi connectivity index (χ4n) is 2.90. The number of carbonyl (C=O) groups is 1. The molecule has 28 heavy (non-hydrogen) atoms.